The number of rotatable bonds is 4. The molecule has 0 aliphatic heterocycles. The Hall–Kier alpha value is -1.32. The van der Waals surface area contributed by atoms with Gasteiger partial charge in [0.25, 0.3) is 0 Å². The van der Waals surface area contributed by atoms with Crippen molar-refractivity contribution in [3.8, 4) is 0 Å². The van der Waals surface area contributed by atoms with Crippen LogP contribution in [0.3, 0.4) is 0 Å². The molecule has 2 unspecified atom stereocenters. The van der Waals surface area contributed by atoms with Crippen molar-refractivity contribution >= 4 is 11.0 Å². The number of methoxy groups -OCH3 is 1. The number of benzene rings is 1. The molecule has 1 aliphatic carbocycles. The molecule has 0 spiro atoms. The van der Waals surface area contributed by atoms with Gasteiger partial charge < -0.3 is 14.3 Å². The Labute approximate surface area is 125 Å². The van der Waals surface area contributed by atoms with Crippen molar-refractivity contribution in [2.24, 2.45) is 5.92 Å². The van der Waals surface area contributed by atoms with Crippen molar-refractivity contribution < 1.29 is 14.3 Å². The summed E-state index contributed by atoms with van der Waals surface area (Å²) in [6.45, 7) is 2.06. The van der Waals surface area contributed by atoms with Crippen molar-refractivity contribution in [3.05, 3.63) is 35.6 Å². The molecule has 1 aromatic heterocycles. The topological polar surface area (TPSA) is 42.6 Å². The molecule has 21 heavy (non-hydrogen) atoms. The van der Waals surface area contributed by atoms with Gasteiger partial charge in [-0.2, -0.15) is 0 Å². The molecule has 1 fully saturated rings. The largest absolute Gasteiger partial charge is 0.458 e. The van der Waals surface area contributed by atoms with E-state index in [9.17, 15) is 5.11 Å². The van der Waals surface area contributed by atoms with Crippen LogP contribution >= 0.6 is 0 Å². The van der Waals surface area contributed by atoms with Crippen molar-refractivity contribution in [1.82, 2.24) is 0 Å². The maximum atomic E-state index is 10.7. The van der Waals surface area contributed by atoms with Gasteiger partial charge in [0.05, 0.1) is 6.10 Å². The second-order valence-electron chi connectivity index (χ2n) is 6.23. The van der Waals surface area contributed by atoms with Crippen LogP contribution in [0.15, 0.2) is 28.7 Å². The standard InChI is InChI=1S/C18H24O3/c1-12-8-9-15-14(10-12)11-16(21-15)17(19)18(20-2)13-6-4-3-5-7-13/h8-11,13,17-19H,3-7H2,1-2H3. The molecule has 2 atom stereocenters. The molecule has 3 rings (SSSR count). The van der Waals surface area contributed by atoms with Gasteiger partial charge >= 0.3 is 0 Å². The molecule has 114 valence electrons. The highest BCUT2D eigenvalue weighted by Gasteiger charge is 2.32. The van der Waals surface area contributed by atoms with Crippen LogP contribution < -0.4 is 0 Å². The van der Waals surface area contributed by atoms with Crippen LogP contribution in [0.5, 0.6) is 0 Å². The van der Waals surface area contributed by atoms with E-state index >= 15 is 0 Å². The summed E-state index contributed by atoms with van der Waals surface area (Å²) in [7, 11) is 1.69. The van der Waals surface area contributed by atoms with E-state index in [1.54, 1.807) is 7.11 Å². The van der Waals surface area contributed by atoms with Crippen molar-refractivity contribution in [3.63, 3.8) is 0 Å². The lowest BCUT2D eigenvalue weighted by atomic mass is 9.83. The number of hydrogen-bond acceptors (Lipinski definition) is 3. The van der Waals surface area contributed by atoms with Crippen LogP contribution in [0.4, 0.5) is 0 Å². The highest BCUT2D eigenvalue weighted by molar-refractivity contribution is 5.78. The van der Waals surface area contributed by atoms with Gasteiger partial charge in [0, 0.05) is 12.5 Å². The van der Waals surface area contributed by atoms with Gasteiger partial charge in [-0.15, -0.1) is 0 Å². The Balaban J connectivity index is 1.84. The van der Waals surface area contributed by atoms with E-state index in [0.717, 1.165) is 23.8 Å². The Kier molecular flexibility index (Phi) is 4.32. The zero-order valence-electron chi connectivity index (χ0n) is 12.8. The number of hydrogen-bond donors (Lipinski definition) is 1. The zero-order chi connectivity index (χ0) is 14.8. The van der Waals surface area contributed by atoms with Crippen LogP contribution in [0, 0.1) is 12.8 Å². The lowest BCUT2D eigenvalue weighted by Crippen LogP contribution is -2.31. The molecule has 0 amide bonds. The molecule has 0 saturated heterocycles. The molecule has 1 aromatic carbocycles. The predicted octanol–water partition coefficient (Wildman–Crippen LogP) is 4.37. The fraction of sp³-hybridized carbons (Fsp3) is 0.556. The smallest absolute Gasteiger partial charge is 0.138 e. The van der Waals surface area contributed by atoms with Crippen LogP contribution in [-0.4, -0.2) is 18.3 Å². The average Bonchev–Trinajstić information content (AvgIpc) is 2.92. The van der Waals surface area contributed by atoms with E-state index < -0.39 is 6.10 Å². The van der Waals surface area contributed by atoms with Gasteiger partial charge in [0.1, 0.15) is 17.4 Å². The van der Waals surface area contributed by atoms with Crippen molar-refractivity contribution in [1.29, 1.82) is 0 Å². The molecule has 0 bridgehead atoms. The molecule has 3 nitrogen and oxygen atoms in total. The summed E-state index contributed by atoms with van der Waals surface area (Å²) in [4.78, 5) is 0. The first-order valence-corrected chi connectivity index (χ1v) is 7.90. The van der Waals surface area contributed by atoms with Crippen LogP contribution in [0.1, 0.15) is 49.5 Å². The normalized spacial score (nSPS) is 19.8. The summed E-state index contributed by atoms with van der Waals surface area (Å²) < 4.78 is 11.4. The van der Waals surface area contributed by atoms with Gasteiger partial charge in [0.2, 0.25) is 0 Å². The molecule has 1 N–H and O–H groups in total. The van der Waals surface area contributed by atoms with E-state index in [4.69, 9.17) is 9.15 Å². The van der Waals surface area contributed by atoms with Gasteiger partial charge in [-0.05, 0) is 43.9 Å². The van der Waals surface area contributed by atoms with Crippen molar-refractivity contribution in [2.75, 3.05) is 7.11 Å². The Morgan fingerprint density at radius 1 is 1.19 bits per heavy atom. The molecular formula is C18H24O3. The van der Waals surface area contributed by atoms with Gasteiger partial charge in [-0.3, -0.25) is 0 Å². The summed E-state index contributed by atoms with van der Waals surface area (Å²) in [5, 5.41) is 11.7. The number of ether oxygens (including phenoxy) is 1. The number of aliphatic hydroxyl groups excluding tert-OH is 1. The van der Waals surface area contributed by atoms with Gasteiger partial charge in [-0.1, -0.05) is 30.9 Å². The number of aryl methyl sites for hydroxylation is 1. The highest BCUT2D eigenvalue weighted by Crippen LogP contribution is 2.35. The number of fused-ring (bicyclic) bond motifs is 1. The van der Waals surface area contributed by atoms with Crippen LogP contribution in [-0.2, 0) is 4.74 Å². The maximum absolute atomic E-state index is 10.7. The molecule has 0 radical (unpaired) electrons. The van der Waals surface area contributed by atoms with Gasteiger partial charge in [0.15, 0.2) is 0 Å². The molecule has 1 heterocycles. The summed E-state index contributed by atoms with van der Waals surface area (Å²) >= 11 is 0. The summed E-state index contributed by atoms with van der Waals surface area (Å²) in [5.41, 5.74) is 2.02. The lowest BCUT2D eigenvalue weighted by molar-refractivity contribution is -0.0632. The fourth-order valence-corrected chi connectivity index (χ4v) is 3.53. The van der Waals surface area contributed by atoms with Crippen LogP contribution in [0.2, 0.25) is 0 Å². The minimum atomic E-state index is -0.689. The third kappa shape index (κ3) is 2.99. The molecule has 3 heteroatoms. The van der Waals surface area contributed by atoms with Crippen molar-refractivity contribution in [2.45, 2.75) is 51.2 Å². The predicted molar refractivity (Wildman–Crippen MR) is 83.3 cm³/mol. The molecule has 1 aliphatic rings. The molecular weight excluding hydrogens is 264 g/mol. The Morgan fingerprint density at radius 2 is 1.95 bits per heavy atom. The number of aliphatic hydroxyl groups is 1. The summed E-state index contributed by atoms with van der Waals surface area (Å²) in [6, 6.07) is 8.01. The second kappa shape index (κ2) is 6.20. The first-order valence-electron chi connectivity index (χ1n) is 7.90. The first-order chi connectivity index (χ1) is 10.2. The summed E-state index contributed by atoms with van der Waals surface area (Å²) in [5.74, 6) is 1.04. The minimum absolute atomic E-state index is 0.174. The van der Waals surface area contributed by atoms with E-state index in [2.05, 4.69) is 13.0 Å². The van der Waals surface area contributed by atoms with E-state index in [1.165, 1.54) is 24.8 Å². The molecule has 2 aromatic rings. The third-order valence-electron chi connectivity index (χ3n) is 4.68. The SMILES string of the molecule is COC(C1CCCCC1)C(O)c1cc2cc(C)ccc2o1. The quantitative estimate of drug-likeness (QED) is 0.908. The minimum Gasteiger partial charge on any atom is -0.458 e. The maximum Gasteiger partial charge on any atom is 0.138 e. The zero-order valence-corrected chi connectivity index (χ0v) is 12.8. The highest BCUT2D eigenvalue weighted by atomic mass is 16.5. The average molecular weight is 288 g/mol. The van der Waals surface area contributed by atoms with E-state index in [1.807, 2.05) is 18.2 Å². The van der Waals surface area contributed by atoms with E-state index in [0.29, 0.717) is 11.7 Å². The van der Waals surface area contributed by atoms with Crippen LogP contribution in [0.25, 0.3) is 11.0 Å². The lowest BCUT2D eigenvalue weighted by Gasteiger charge is -2.31. The third-order valence-corrected chi connectivity index (χ3v) is 4.68. The Bertz CT molecular complexity index is 596. The van der Waals surface area contributed by atoms with E-state index in [-0.39, 0.29) is 6.10 Å². The first kappa shape index (κ1) is 14.6. The number of furan rings is 1. The fourth-order valence-electron chi connectivity index (χ4n) is 3.53. The van der Waals surface area contributed by atoms with Gasteiger partial charge in [-0.25, -0.2) is 0 Å². The summed E-state index contributed by atoms with van der Waals surface area (Å²) in [6.07, 6.45) is 5.17. The molecule has 1 saturated carbocycles. The second-order valence-corrected chi connectivity index (χ2v) is 6.23. The Morgan fingerprint density at radius 3 is 2.67 bits per heavy atom. The monoisotopic (exact) mass is 288 g/mol.